The Morgan fingerprint density at radius 3 is 2.50 bits per heavy atom. The summed E-state index contributed by atoms with van der Waals surface area (Å²) in [6.45, 7) is 6.92. The second-order valence-electron chi connectivity index (χ2n) is 5.53. The van der Waals surface area contributed by atoms with Crippen molar-refractivity contribution >= 4 is 23.5 Å². The van der Waals surface area contributed by atoms with Crippen LogP contribution in [0.5, 0.6) is 0 Å². The maximum Gasteiger partial charge on any atom is 0.0867 e. The molecule has 0 aromatic carbocycles. The lowest BCUT2D eigenvalue weighted by Gasteiger charge is -2.45. The number of hydrogen-bond donors (Lipinski definition) is 0. The lowest BCUT2D eigenvalue weighted by Crippen LogP contribution is -2.47. The van der Waals surface area contributed by atoms with Crippen LogP contribution in [0, 0.1) is 5.92 Å². The number of rotatable bonds is 2. The molecule has 16 heavy (non-hydrogen) atoms. The van der Waals surface area contributed by atoms with Gasteiger partial charge in [0.15, 0.2) is 0 Å². The van der Waals surface area contributed by atoms with Gasteiger partial charge in [0, 0.05) is 0 Å². The summed E-state index contributed by atoms with van der Waals surface area (Å²) in [5.41, 5.74) is 0.128. The summed E-state index contributed by atoms with van der Waals surface area (Å²) in [5.74, 6) is 3.31. The Hall–Kier alpha value is 0.660. The molecule has 0 saturated carbocycles. The molecular weight excluding hydrogens is 236 g/mol. The van der Waals surface area contributed by atoms with Gasteiger partial charge < -0.3 is 4.74 Å². The highest BCUT2D eigenvalue weighted by Gasteiger charge is 2.41. The summed E-state index contributed by atoms with van der Waals surface area (Å²) < 4.78 is 7.10. The third kappa shape index (κ3) is 2.91. The van der Waals surface area contributed by atoms with Crippen LogP contribution < -0.4 is 0 Å². The number of ether oxygens (including phenoxy) is 1. The molecule has 0 amide bonds. The molecule has 1 nitrogen and oxygen atoms in total. The maximum absolute atomic E-state index is 6.43. The van der Waals surface area contributed by atoms with Crippen molar-refractivity contribution in [2.45, 2.75) is 62.7 Å². The van der Waals surface area contributed by atoms with E-state index in [0.29, 0.717) is 16.6 Å². The minimum absolute atomic E-state index is 0.128. The second kappa shape index (κ2) is 5.53. The Kier molecular flexibility index (Phi) is 4.53. The summed E-state index contributed by atoms with van der Waals surface area (Å²) in [6, 6.07) is 0. The standard InChI is InChI=1S/C13H24OS2/c1-10(2)11-6-4-7-13(3,14-11)12-15-8-5-9-16-12/h10-12H,4-9H2,1-3H3. The van der Waals surface area contributed by atoms with E-state index in [1.807, 2.05) is 0 Å². The molecule has 2 fully saturated rings. The Morgan fingerprint density at radius 1 is 1.19 bits per heavy atom. The third-order valence-corrected chi connectivity index (χ3v) is 7.12. The van der Waals surface area contributed by atoms with Crippen LogP contribution in [0.1, 0.15) is 46.5 Å². The Bertz CT molecular complexity index is 226. The van der Waals surface area contributed by atoms with Crippen molar-refractivity contribution in [3.8, 4) is 0 Å². The topological polar surface area (TPSA) is 9.23 Å². The largest absolute Gasteiger partial charge is 0.370 e. The molecule has 3 heteroatoms. The van der Waals surface area contributed by atoms with Gasteiger partial charge in [-0.05, 0) is 50.0 Å². The van der Waals surface area contributed by atoms with E-state index in [2.05, 4.69) is 44.3 Å². The fraction of sp³-hybridized carbons (Fsp3) is 1.00. The van der Waals surface area contributed by atoms with E-state index >= 15 is 0 Å². The molecule has 0 bridgehead atoms. The van der Waals surface area contributed by atoms with Crippen LogP contribution in [0.4, 0.5) is 0 Å². The van der Waals surface area contributed by atoms with Crippen molar-refractivity contribution in [1.29, 1.82) is 0 Å². The minimum Gasteiger partial charge on any atom is -0.370 e. The summed E-state index contributed by atoms with van der Waals surface area (Å²) in [7, 11) is 0. The number of thioether (sulfide) groups is 2. The highest BCUT2D eigenvalue weighted by atomic mass is 32.2. The Morgan fingerprint density at radius 2 is 1.88 bits per heavy atom. The van der Waals surface area contributed by atoms with Gasteiger partial charge in [0.25, 0.3) is 0 Å². The molecule has 0 N–H and O–H groups in total. The highest BCUT2D eigenvalue weighted by Crippen LogP contribution is 2.45. The van der Waals surface area contributed by atoms with Crippen molar-refractivity contribution in [1.82, 2.24) is 0 Å². The van der Waals surface area contributed by atoms with Crippen LogP contribution in [0.3, 0.4) is 0 Å². The second-order valence-corrected chi connectivity index (χ2v) is 8.26. The van der Waals surface area contributed by atoms with Crippen LogP contribution in [-0.2, 0) is 4.74 Å². The summed E-state index contributed by atoms with van der Waals surface area (Å²) in [5, 5.41) is 0. The van der Waals surface area contributed by atoms with Crippen LogP contribution in [0.2, 0.25) is 0 Å². The first-order valence-electron chi connectivity index (χ1n) is 6.53. The molecule has 2 aliphatic heterocycles. The van der Waals surface area contributed by atoms with Crippen LogP contribution in [0.25, 0.3) is 0 Å². The molecule has 0 radical (unpaired) electrons. The normalized spacial score (nSPS) is 37.9. The summed E-state index contributed by atoms with van der Waals surface area (Å²) in [6.07, 6.45) is 5.71. The van der Waals surface area contributed by atoms with E-state index in [1.54, 1.807) is 0 Å². The molecule has 2 heterocycles. The zero-order chi connectivity index (χ0) is 11.6. The van der Waals surface area contributed by atoms with Crippen molar-refractivity contribution in [2.75, 3.05) is 11.5 Å². The quantitative estimate of drug-likeness (QED) is 0.737. The monoisotopic (exact) mass is 260 g/mol. The van der Waals surface area contributed by atoms with Crippen molar-refractivity contribution < 1.29 is 4.74 Å². The molecule has 0 aliphatic carbocycles. The Balaban J connectivity index is 1.99. The lowest BCUT2D eigenvalue weighted by atomic mass is 9.90. The molecule has 2 unspecified atom stereocenters. The SMILES string of the molecule is CC(C)C1CCCC(C)(C2SCCCS2)O1. The fourth-order valence-corrected chi connectivity index (χ4v) is 5.85. The van der Waals surface area contributed by atoms with Gasteiger partial charge >= 0.3 is 0 Å². The van der Waals surface area contributed by atoms with Gasteiger partial charge in [0.2, 0.25) is 0 Å². The molecule has 2 aliphatic rings. The molecule has 0 aromatic rings. The van der Waals surface area contributed by atoms with E-state index in [4.69, 9.17) is 4.74 Å². The van der Waals surface area contributed by atoms with Gasteiger partial charge in [-0.25, -0.2) is 0 Å². The molecule has 0 spiro atoms. The van der Waals surface area contributed by atoms with Crippen LogP contribution in [-0.4, -0.2) is 27.8 Å². The highest BCUT2D eigenvalue weighted by molar-refractivity contribution is 8.17. The van der Waals surface area contributed by atoms with E-state index in [1.165, 1.54) is 37.2 Å². The van der Waals surface area contributed by atoms with E-state index in [0.717, 1.165) is 0 Å². The van der Waals surface area contributed by atoms with Crippen molar-refractivity contribution in [3.63, 3.8) is 0 Å². The third-order valence-electron chi connectivity index (χ3n) is 3.65. The van der Waals surface area contributed by atoms with Gasteiger partial charge in [0.1, 0.15) is 0 Å². The van der Waals surface area contributed by atoms with Crippen molar-refractivity contribution in [3.05, 3.63) is 0 Å². The van der Waals surface area contributed by atoms with Gasteiger partial charge in [0.05, 0.1) is 16.3 Å². The van der Waals surface area contributed by atoms with E-state index < -0.39 is 0 Å². The maximum atomic E-state index is 6.43. The first kappa shape index (κ1) is 13.1. The van der Waals surface area contributed by atoms with Gasteiger partial charge in [-0.1, -0.05) is 13.8 Å². The zero-order valence-electron chi connectivity index (χ0n) is 10.7. The molecule has 0 aromatic heterocycles. The predicted molar refractivity (Wildman–Crippen MR) is 75.3 cm³/mol. The van der Waals surface area contributed by atoms with Gasteiger partial charge in [-0.3, -0.25) is 0 Å². The van der Waals surface area contributed by atoms with E-state index in [-0.39, 0.29) is 5.60 Å². The van der Waals surface area contributed by atoms with Crippen molar-refractivity contribution in [2.24, 2.45) is 5.92 Å². The summed E-state index contributed by atoms with van der Waals surface area (Å²) in [4.78, 5) is 0. The average Bonchev–Trinajstić information content (AvgIpc) is 2.30. The van der Waals surface area contributed by atoms with Gasteiger partial charge in [-0.15, -0.1) is 23.5 Å². The van der Waals surface area contributed by atoms with E-state index in [9.17, 15) is 0 Å². The fourth-order valence-electron chi connectivity index (χ4n) is 2.60. The summed E-state index contributed by atoms with van der Waals surface area (Å²) >= 11 is 4.24. The van der Waals surface area contributed by atoms with Crippen LogP contribution >= 0.6 is 23.5 Å². The Labute approximate surface area is 108 Å². The smallest absolute Gasteiger partial charge is 0.0867 e. The molecule has 2 atom stereocenters. The molecule has 2 rings (SSSR count). The minimum atomic E-state index is 0.128. The average molecular weight is 260 g/mol. The first-order chi connectivity index (χ1) is 7.62. The van der Waals surface area contributed by atoms with Crippen LogP contribution in [0.15, 0.2) is 0 Å². The molecule has 2 saturated heterocycles. The van der Waals surface area contributed by atoms with Gasteiger partial charge in [-0.2, -0.15) is 0 Å². The first-order valence-corrected chi connectivity index (χ1v) is 8.62. The zero-order valence-corrected chi connectivity index (χ0v) is 12.3. The number of hydrogen-bond acceptors (Lipinski definition) is 3. The molecular formula is C13H24OS2. The molecule has 94 valence electrons. The predicted octanol–water partition coefficient (Wildman–Crippen LogP) is 4.17. The lowest BCUT2D eigenvalue weighted by molar-refractivity contribution is -0.124.